The lowest BCUT2D eigenvalue weighted by Gasteiger charge is -2.03. The number of aromatic nitrogens is 2. The lowest BCUT2D eigenvalue weighted by molar-refractivity contribution is -0.116. The molecule has 116 valence electrons. The van der Waals surface area contributed by atoms with E-state index in [9.17, 15) is 4.79 Å². The molecule has 2 aromatic carbocycles. The summed E-state index contributed by atoms with van der Waals surface area (Å²) < 4.78 is 1.82. The van der Waals surface area contributed by atoms with Gasteiger partial charge in [-0.15, -0.1) is 0 Å². The predicted octanol–water partition coefficient (Wildman–Crippen LogP) is 3.50. The number of carbonyl (C=O) groups is 1. The van der Waals surface area contributed by atoms with Gasteiger partial charge in [-0.25, -0.2) is 0 Å². The van der Waals surface area contributed by atoms with Crippen LogP contribution in [0.25, 0.3) is 0 Å². The normalized spacial score (nSPS) is 10.4. The van der Waals surface area contributed by atoms with E-state index in [0.29, 0.717) is 18.8 Å². The SMILES string of the molecule is O=C(CCc1ccccc1)Nc1ccn(Cc2ccccc2)n1. The number of hydrogen-bond acceptors (Lipinski definition) is 2. The van der Waals surface area contributed by atoms with E-state index >= 15 is 0 Å². The third kappa shape index (κ3) is 4.54. The van der Waals surface area contributed by atoms with Crippen LogP contribution >= 0.6 is 0 Å². The number of rotatable bonds is 6. The minimum Gasteiger partial charge on any atom is -0.309 e. The van der Waals surface area contributed by atoms with Gasteiger partial charge in [0.15, 0.2) is 5.82 Å². The molecule has 3 rings (SSSR count). The minimum atomic E-state index is -0.0150. The van der Waals surface area contributed by atoms with Crippen molar-refractivity contribution in [3.63, 3.8) is 0 Å². The van der Waals surface area contributed by atoms with Gasteiger partial charge in [0.1, 0.15) is 0 Å². The monoisotopic (exact) mass is 305 g/mol. The van der Waals surface area contributed by atoms with Crippen molar-refractivity contribution < 1.29 is 4.79 Å². The van der Waals surface area contributed by atoms with Crippen LogP contribution in [0.3, 0.4) is 0 Å². The maximum atomic E-state index is 12.0. The van der Waals surface area contributed by atoms with E-state index in [1.807, 2.05) is 65.5 Å². The van der Waals surface area contributed by atoms with Gasteiger partial charge in [-0.1, -0.05) is 60.7 Å². The van der Waals surface area contributed by atoms with Gasteiger partial charge in [0, 0.05) is 18.7 Å². The largest absolute Gasteiger partial charge is 0.309 e. The molecule has 0 unspecified atom stereocenters. The van der Waals surface area contributed by atoms with Crippen molar-refractivity contribution in [3.05, 3.63) is 84.1 Å². The van der Waals surface area contributed by atoms with Crippen LogP contribution in [0.4, 0.5) is 5.82 Å². The van der Waals surface area contributed by atoms with Gasteiger partial charge >= 0.3 is 0 Å². The van der Waals surface area contributed by atoms with Crippen LogP contribution in [0.15, 0.2) is 72.9 Å². The van der Waals surface area contributed by atoms with E-state index in [1.165, 1.54) is 5.56 Å². The Balaban J connectivity index is 1.51. The number of carbonyl (C=O) groups excluding carboxylic acids is 1. The second-order valence-corrected chi connectivity index (χ2v) is 5.42. The van der Waals surface area contributed by atoms with Crippen molar-refractivity contribution in [1.82, 2.24) is 9.78 Å². The van der Waals surface area contributed by atoms with Gasteiger partial charge in [0.25, 0.3) is 0 Å². The molecule has 0 aliphatic rings. The Labute approximate surface area is 135 Å². The Hall–Kier alpha value is -2.88. The molecular weight excluding hydrogens is 286 g/mol. The summed E-state index contributed by atoms with van der Waals surface area (Å²) in [7, 11) is 0. The van der Waals surface area contributed by atoms with Gasteiger partial charge in [-0.05, 0) is 17.5 Å². The predicted molar refractivity (Wildman–Crippen MR) is 91.2 cm³/mol. The number of nitrogens with one attached hydrogen (secondary N) is 1. The molecule has 1 aromatic heterocycles. The van der Waals surface area contributed by atoms with Gasteiger partial charge in [-0.2, -0.15) is 5.10 Å². The maximum absolute atomic E-state index is 12.0. The molecule has 4 heteroatoms. The van der Waals surface area contributed by atoms with Crippen LogP contribution in [-0.4, -0.2) is 15.7 Å². The first-order valence-corrected chi connectivity index (χ1v) is 7.71. The van der Waals surface area contributed by atoms with Crippen LogP contribution in [0.5, 0.6) is 0 Å². The molecule has 0 saturated carbocycles. The fourth-order valence-corrected chi connectivity index (χ4v) is 2.39. The number of aryl methyl sites for hydroxylation is 1. The van der Waals surface area contributed by atoms with E-state index in [0.717, 1.165) is 12.0 Å². The molecule has 0 bridgehead atoms. The smallest absolute Gasteiger partial charge is 0.225 e. The third-order valence-electron chi connectivity index (χ3n) is 3.58. The summed E-state index contributed by atoms with van der Waals surface area (Å²) in [6.07, 6.45) is 3.06. The van der Waals surface area contributed by atoms with E-state index in [4.69, 9.17) is 0 Å². The number of amides is 1. The summed E-state index contributed by atoms with van der Waals surface area (Å²) in [5.41, 5.74) is 2.34. The van der Waals surface area contributed by atoms with Crippen molar-refractivity contribution in [2.75, 3.05) is 5.32 Å². The van der Waals surface area contributed by atoms with Gasteiger partial charge < -0.3 is 5.32 Å². The van der Waals surface area contributed by atoms with E-state index in [1.54, 1.807) is 0 Å². The van der Waals surface area contributed by atoms with Crippen LogP contribution in [0, 0.1) is 0 Å². The zero-order valence-corrected chi connectivity index (χ0v) is 12.9. The van der Waals surface area contributed by atoms with Crippen molar-refractivity contribution >= 4 is 11.7 Å². The molecule has 0 aliphatic heterocycles. The van der Waals surface area contributed by atoms with Crippen molar-refractivity contribution in [1.29, 1.82) is 0 Å². The van der Waals surface area contributed by atoms with Crippen LogP contribution in [0.2, 0.25) is 0 Å². The second kappa shape index (κ2) is 7.40. The van der Waals surface area contributed by atoms with Gasteiger partial charge in [0.2, 0.25) is 5.91 Å². The molecule has 0 spiro atoms. The first-order valence-electron chi connectivity index (χ1n) is 7.71. The molecule has 1 amide bonds. The Morgan fingerprint density at radius 2 is 1.57 bits per heavy atom. The summed E-state index contributed by atoms with van der Waals surface area (Å²) in [6, 6.07) is 21.9. The first kappa shape index (κ1) is 15.0. The number of anilines is 1. The molecule has 4 nitrogen and oxygen atoms in total. The summed E-state index contributed by atoms with van der Waals surface area (Å²) >= 11 is 0. The Morgan fingerprint density at radius 3 is 2.26 bits per heavy atom. The average Bonchev–Trinajstić information content (AvgIpc) is 3.02. The fraction of sp³-hybridized carbons (Fsp3) is 0.158. The molecule has 0 saturated heterocycles. The Bertz CT molecular complexity index is 751. The van der Waals surface area contributed by atoms with Crippen molar-refractivity contribution in [2.24, 2.45) is 0 Å². The first-order chi connectivity index (χ1) is 11.3. The highest BCUT2D eigenvalue weighted by Crippen LogP contribution is 2.08. The van der Waals surface area contributed by atoms with E-state index in [2.05, 4.69) is 22.5 Å². The zero-order chi connectivity index (χ0) is 15.9. The lowest BCUT2D eigenvalue weighted by atomic mass is 10.1. The molecule has 1 heterocycles. The summed E-state index contributed by atoms with van der Waals surface area (Å²) in [4.78, 5) is 12.0. The minimum absolute atomic E-state index is 0.0150. The molecule has 0 fully saturated rings. The van der Waals surface area contributed by atoms with E-state index in [-0.39, 0.29) is 5.91 Å². The van der Waals surface area contributed by atoms with Crippen LogP contribution in [-0.2, 0) is 17.8 Å². The molecule has 0 radical (unpaired) electrons. The van der Waals surface area contributed by atoms with Gasteiger partial charge in [-0.3, -0.25) is 9.48 Å². The quantitative estimate of drug-likeness (QED) is 0.757. The van der Waals surface area contributed by atoms with E-state index < -0.39 is 0 Å². The summed E-state index contributed by atoms with van der Waals surface area (Å²) in [5, 5.41) is 7.23. The number of benzene rings is 2. The zero-order valence-electron chi connectivity index (χ0n) is 12.9. The Kier molecular flexibility index (Phi) is 4.84. The van der Waals surface area contributed by atoms with Crippen molar-refractivity contribution in [2.45, 2.75) is 19.4 Å². The fourth-order valence-electron chi connectivity index (χ4n) is 2.39. The number of nitrogens with zero attached hydrogens (tertiary/aromatic N) is 2. The molecular formula is C19H19N3O. The van der Waals surface area contributed by atoms with Crippen molar-refractivity contribution in [3.8, 4) is 0 Å². The molecule has 23 heavy (non-hydrogen) atoms. The Morgan fingerprint density at radius 1 is 0.913 bits per heavy atom. The lowest BCUT2D eigenvalue weighted by Crippen LogP contribution is -2.13. The number of hydrogen-bond donors (Lipinski definition) is 1. The maximum Gasteiger partial charge on any atom is 0.225 e. The highest BCUT2D eigenvalue weighted by Gasteiger charge is 2.06. The molecule has 1 N–H and O–H groups in total. The summed E-state index contributed by atoms with van der Waals surface area (Å²) in [5.74, 6) is 0.581. The standard InChI is InChI=1S/C19H19N3O/c23-19(12-11-16-7-3-1-4-8-16)20-18-13-14-22(21-18)15-17-9-5-2-6-10-17/h1-10,13-14H,11-12,15H2,(H,20,21,23). The molecule has 0 aliphatic carbocycles. The van der Waals surface area contributed by atoms with Crippen LogP contribution in [0.1, 0.15) is 17.5 Å². The highest BCUT2D eigenvalue weighted by molar-refractivity contribution is 5.89. The highest BCUT2D eigenvalue weighted by atomic mass is 16.1. The summed E-state index contributed by atoms with van der Waals surface area (Å²) in [6.45, 7) is 0.695. The molecule has 0 atom stereocenters. The second-order valence-electron chi connectivity index (χ2n) is 5.42. The average molecular weight is 305 g/mol. The van der Waals surface area contributed by atoms with Gasteiger partial charge in [0.05, 0.1) is 6.54 Å². The topological polar surface area (TPSA) is 46.9 Å². The van der Waals surface area contributed by atoms with Crippen LogP contribution < -0.4 is 5.32 Å². The third-order valence-corrected chi connectivity index (χ3v) is 3.58. The molecule has 3 aromatic rings.